The van der Waals surface area contributed by atoms with Gasteiger partial charge in [-0.3, -0.25) is 9.59 Å². The van der Waals surface area contributed by atoms with Crippen molar-refractivity contribution in [3.8, 4) is 5.69 Å². The molecular formula is C26H30Cl2N4O2. The number of benzene rings is 2. The second kappa shape index (κ2) is 11.1. The number of hydrogen-bond acceptors (Lipinski definition) is 3. The van der Waals surface area contributed by atoms with Crippen LogP contribution in [0.2, 0.25) is 10.0 Å². The van der Waals surface area contributed by atoms with Gasteiger partial charge in [-0.15, -0.1) is 0 Å². The lowest BCUT2D eigenvalue weighted by Gasteiger charge is -2.22. The maximum atomic E-state index is 13.1. The van der Waals surface area contributed by atoms with Gasteiger partial charge >= 0.3 is 0 Å². The third-order valence-electron chi connectivity index (χ3n) is 5.32. The summed E-state index contributed by atoms with van der Waals surface area (Å²) in [6, 6.07) is 16.0. The molecular weight excluding hydrogens is 471 g/mol. The van der Waals surface area contributed by atoms with E-state index in [4.69, 9.17) is 28.3 Å². The Bertz CT molecular complexity index is 1150. The van der Waals surface area contributed by atoms with E-state index < -0.39 is 0 Å². The van der Waals surface area contributed by atoms with E-state index in [0.717, 1.165) is 18.5 Å². The topological polar surface area (TPSA) is 67.2 Å². The van der Waals surface area contributed by atoms with E-state index >= 15 is 0 Å². The lowest BCUT2D eigenvalue weighted by Crippen LogP contribution is -2.38. The highest BCUT2D eigenvalue weighted by atomic mass is 35.5. The molecule has 0 radical (unpaired) electrons. The number of rotatable bonds is 8. The number of halogens is 2. The first-order valence-corrected chi connectivity index (χ1v) is 12.1. The zero-order valence-electron chi connectivity index (χ0n) is 19.9. The molecule has 0 aliphatic heterocycles. The molecule has 0 spiro atoms. The Morgan fingerprint density at radius 1 is 1.03 bits per heavy atom. The first-order valence-electron chi connectivity index (χ1n) is 11.3. The van der Waals surface area contributed by atoms with E-state index in [0.29, 0.717) is 33.7 Å². The van der Waals surface area contributed by atoms with Crippen LogP contribution in [0, 0.1) is 0 Å². The van der Waals surface area contributed by atoms with E-state index in [1.807, 2.05) is 45.0 Å². The van der Waals surface area contributed by atoms with Crippen LogP contribution < -0.4 is 5.32 Å². The molecule has 180 valence electrons. The molecule has 1 aromatic heterocycles. The normalized spacial score (nSPS) is 11.4. The van der Waals surface area contributed by atoms with Gasteiger partial charge in [-0.25, -0.2) is 4.68 Å². The highest BCUT2D eigenvalue weighted by molar-refractivity contribution is 6.42. The molecule has 2 amide bonds. The van der Waals surface area contributed by atoms with Gasteiger partial charge < -0.3 is 10.2 Å². The standard InChI is InChI=1S/C26H30Cl2N4O2/c1-5-6-14-31(25(34)18-10-8-7-9-11-18)17-24(33)29-23-16-22(26(2,3)4)30-32(23)19-12-13-20(27)21(28)15-19/h7-13,15-16H,5-6,14,17H2,1-4H3,(H,29,33). The molecule has 0 fully saturated rings. The molecule has 6 nitrogen and oxygen atoms in total. The second-order valence-electron chi connectivity index (χ2n) is 9.17. The van der Waals surface area contributed by atoms with E-state index in [1.165, 1.54) is 0 Å². The molecule has 0 unspecified atom stereocenters. The summed E-state index contributed by atoms with van der Waals surface area (Å²) in [5.41, 5.74) is 1.79. The van der Waals surface area contributed by atoms with Gasteiger partial charge in [0, 0.05) is 23.6 Å². The summed E-state index contributed by atoms with van der Waals surface area (Å²) >= 11 is 12.3. The zero-order valence-corrected chi connectivity index (χ0v) is 21.5. The van der Waals surface area contributed by atoms with Crippen molar-refractivity contribution in [2.24, 2.45) is 0 Å². The summed E-state index contributed by atoms with van der Waals surface area (Å²) in [6.07, 6.45) is 1.72. The van der Waals surface area contributed by atoms with E-state index in [2.05, 4.69) is 12.2 Å². The maximum absolute atomic E-state index is 13.1. The van der Waals surface area contributed by atoms with Gasteiger partial charge in [-0.1, -0.05) is 75.5 Å². The van der Waals surface area contributed by atoms with Crippen LogP contribution in [0.15, 0.2) is 54.6 Å². The van der Waals surface area contributed by atoms with Crippen molar-refractivity contribution in [1.82, 2.24) is 14.7 Å². The zero-order chi connectivity index (χ0) is 24.9. The molecule has 0 atom stereocenters. The number of carbonyl (C=O) groups excluding carboxylic acids is 2. The third kappa shape index (κ3) is 6.39. The molecule has 8 heteroatoms. The molecule has 0 bridgehead atoms. The van der Waals surface area contributed by atoms with Crippen LogP contribution in [0.5, 0.6) is 0 Å². The number of aromatic nitrogens is 2. The van der Waals surface area contributed by atoms with E-state index in [9.17, 15) is 9.59 Å². The maximum Gasteiger partial charge on any atom is 0.254 e. The molecule has 1 N–H and O–H groups in total. The Balaban J connectivity index is 1.87. The van der Waals surface area contributed by atoms with Gasteiger partial charge in [0.05, 0.1) is 21.4 Å². The van der Waals surface area contributed by atoms with Crippen molar-refractivity contribution >= 4 is 40.8 Å². The van der Waals surface area contributed by atoms with Crippen molar-refractivity contribution in [2.75, 3.05) is 18.4 Å². The number of carbonyl (C=O) groups is 2. The molecule has 3 rings (SSSR count). The van der Waals surface area contributed by atoms with Crippen molar-refractivity contribution in [1.29, 1.82) is 0 Å². The minimum Gasteiger partial charge on any atom is -0.329 e. The second-order valence-corrected chi connectivity index (χ2v) is 9.98. The predicted molar refractivity (Wildman–Crippen MR) is 138 cm³/mol. The van der Waals surface area contributed by atoms with Crippen LogP contribution >= 0.6 is 23.2 Å². The van der Waals surface area contributed by atoms with Crippen molar-refractivity contribution < 1.29 is 9.59 Å². The Kier molecular flexibility index (Phi) is 8.39. The van der Waals surface area contributed by atoms with Gasteiger partial charge in [0.25, 0.3) is 5.91 Å². The van der Waals surface area contributed by atoms with Crippen LogP contribution in [-0.2, 0) is 10.2 Å². The van der Waals surface area contributed by atoms with Gasteiger partial charge in [0.15, 0.2) is 0 Å². The van der Waals surface area contributed by atoms with Crippen LogP contribution in [0.4, 0.5) is 5.82 Å². The van der Waals surface area contributed by atoms with Crippen LogP contribution in [-0.4, -0.2) is 39.6 Å². The molecule has 2 aromatic carbocycles. The Hall–Kier alpha value is -2.83. The van der Waals surface area contributed by atoms with Crippen molar-refractivity contribution in [2.45, 2.75) is 46.0 Å². The van der Waals surface area contributed by atoms with Gasteiger partial charge in [0.2, 0.25) is 5.91 Å². The van der Waals surface area contributed by atoms with Crippen LogP contribution in [0.1, 0.15) is 56.6 Å². The average molecular weight is 501 g/mol. The van der Waals surface area contributed by atoms with E-state index in [-0.39, 0.29) is 23.8 Å². The Morgan fingerprint density at radius 2 is 1.74 bits per heavy atom. The van der Waals surface area contributed by atoms with Gasteiger partial charge in [-0.2, -0.15) is 5.10 Å². The largest absolute Gasteiger partial charge is 0.329 e. The molecule has 34 heavy (non-hydrogen) atoms. The number of amides is 2. The molecule has 3 aromatic rings. The fraction of sp³-hybridized carbons (Fsp3) is 0.346. The number of nitrogens with one attached hydrogen (secondary N) is 1. The fourth-order valence-corrected chi connectivity index (χ4v) is 3.66. The summed E-state index contributed by atoms with van der Waals surface area (Å²) < 4.78 is 1.64. The Labute approximate surface area is 210 Å². The molecule has 0 aliphatic carbocycles. The monoisotopic (exact) mass is 500 g/mol. The average Bonchev–Trinajstić information content (AvgIpc) is 3.22. The lowest BCUT2D eigenvalue weighted by molar-refractivity contribution is -0.116. The van der Waals surface area contributed by atoms with Gasteiger partial charge in [-0.05, 0) is 36.8 Å². The smallest absolute Gasteiger partial charge is 0.254 e. The molecule has 1 heterocycles. The predicted octanol–water partition coefficient (Wildman–Crippen LogP) is 6.36. The minimum atomic E-state index is -0.304. The third-order valence-corrected chi connectivity index (χ3v) is 6.06. The van der Waals surface area contributed by atoms with Gasteiger partial charge in [0.1, 0.15) is 12.4 Å². The number of anilines is 1. The Morgan fingerprint density at radius 3 is 2.35 bits per heavy atom. The summed E-state index contributed by atoms with van der Waals surface area (Å²) in [7, 11) is 0. The van der Waals surface area contributed by atoms with Crippen molar-refractivity contribution in [3.63, 3.8) is 0 Å². The van der Waals surface area contributed by atoms with Crippen LogP contribution in [0.3, 0.4) is 0 Å². The lowest BCUT2D eigenvalue weighted by atomic mass is 9.92. The fourth-order valence-electron chi connectivity index (χ4n) is 3.37. The summed E-state index contributed by atoms with van der Waals surface area (Å²) in [4.78, 5) is 27.7. The first-order chi connectivity index (χ1) is 16.1. The first kappa shape index (κ1) is 25.8. The van der Waals surface area contributed by atoms with E-state index in [1.54, 1.807) is 39.9 Å². The highest BCUT2D eigenvalue weighted by Crippen LogP contribution is 2.29. The summed E-state index contributed by atoms with van der Waals surface area (Å²) in [5, 5.41) is 8.47. The minimum absolute atomic E-state index is 0.0644. The highest BCUT2D eigenvalue weighted by Gasteiger charge is 2.23. The molecule has 0 aliphatic rings. The summed E-state index contributed by atoms with van der Waals surface area (Å²) in [6.45, 7) is 8.62. The number of unbranched alkanes of at least 4 members (excludes halogenated alkanes) is 1. The summed E-state index contributed by atoms with van der Waals surface area (Å²) in [5.74, 6) is 0.0236. The van der Waals surface area contributed by atoms with Crippen LogP contribution in [0.25, 0.3) is 5.69 Å². The molecule has 0 saturated heterocycles. The number of hydrogen-bond donors (Lipinski definition) is 1. The molecule has 0 saturated carbocycles. The quantitative estimate of drug-likeness (QED) is 0.391. The van der Waals surface area contributed by atoms with Crippen molar-refractivity contribution in [3.05, 3.63) is 75.9 Å². The SMILES string of the molecule is CCCCN(CC(=O)Nc1cc(C(C)(C)C)nn1-c1ccc(Cl)c(Cl)c1)C(=O)c1ccccc1. The number of nitrogens with zero attached hydrogens (tertiary/aromatic N) is 3.